The highest BCUT2D eigenvalue weighted by atomic mass is 32.2. The van der Waals surface area contributed by atoms with Crippen LogP contribution in [0.15, 0.2) is 0 Å². The molecular weight excluding hydrogens is 218 g/mol. The maximum atomic E-state index is 11.5. The lowest BCUT2D eigenvalue weighted by Gasteiger charge is -2.26. The molecule has 1 atom stereocenters. The monoisotopic (exact) mass is 237 g/mol. The highest BCUT2D eigenvalue weighted by Crippen LogP contribution is 2.15. The number of sulfonamides is 1. The summed E-state index contributed by atoms with van der Waals surface area (Å²) in [6.07, 6.45) is 2.01. The Balaban J connectivity index is 2.43. The molecular formula is C9H19NO4S. The van der Waals surface area contributed by atoms with E-state index in [1.54, 1.807) is 7.05 Å². The maximum absolute atomic E-state index is 11.5. The van der Waals surface area contributed by atoms with Gasteiger partial charge in [-0.2, -0.15) is 0 Å². The summed E-state index contributed by atoms with van der Waals surface area (Å²) in [5, 5.41) is 8.63. The van der Waals surface area contributed by atoms with Crippen LogP contribution in [-0.2, 0) is 14.8 Å². The smallest absolute Gasteiger partial charge is 0.216 e. The Labute approximate surface area is 91.1 Å². The van der Waals surface area contributed by atoms with Crippen LogP contribution in [0.25, 0.3) is 0 Å². The van der Waals surface area contributed by atoms with Crippen molar-refractivity contribution in [1.82, 2.24) is 4.31 Å². The summed E-state index contributed by atoms with van der Waals surface area (Å²) >= 11 is 0. The van der Waals surface area contributed by atoms with E-state index in [0.29, 0.717) is 13.2 Å². The van der Waals surface area contributed by atoms with Crippen LogP contribution >= 0.6 is 0 Å². The Morgan fingerprint density at radius 3 is 2.80 bits per heavy atom. The molecule has 0 bridgehead atoms. The minimum atomic E-state index is -3.28. The van der Waals surface area contributed by atoms with E-state index in [2.05, 4.69) is 0 Å². The topological polar surface area (TPSA) is 66.8 Å². The van der Waals surface area contributed by atoms with Crippen molar-refractivity contribution >= 4 is 10.0 Å². The molecule has 1 rings (SSSR count). The highest BCUT2D eigenvalue weighted by Gasteiger charge is 2.22. The van der Waals surface area contributed by atoms with Crippen LogP contribution in [0.1, 0.15) is 12.8 Å². The Morgan fingerprint density at radius 2 is 2.27 bits per heavy atom. The molecule has 0 spiro atoms. The molecule has 90 valence electrons. The van der Waals surface area contributed by atoms with Gasteiger partial charge in [0.25, 0.3) is 0 Å². The van der Waals surface area contributed by atoms with Crippen molar-refractivity contribution < 1.29 is 18.3 Å². The summed E-state index contributed by atoms with van der Waals surface area (Å²) in [7, 11) is -1.73. The Morgan fingerprint density at radius 1 is 1.53 bits per heavy atom. The van der Waals surface area contributed by atoms with Gasteiger partial charge in [0.15, 0.2) is 0 Å². The van der Waals surface area contributed by atoms with Gasteiger partial charge in [0.2, 0.25) is 10.0 Å². The van der Waals surface area contributed by atoms with E-state index >= 15 is 0 Å². The molecule has 0 amide bonds. The summed E-state index contributed by atoms with van der Waals surface area (Å²) in [4.78, 5) is 0. The third kappa shape index (κ3) is 4.06. The van der Waals surface area contributed by atoms with Crippen molar-refractivity contribution in [1.29, 1.82) is 0 Å². The van der Waals surface area contributed by atoms with Gasteiger partial charge in [0.1, 0.15) is 0 Å². The summed E-state index contributed by atoms with van der Waals surface area (Å²) in [6, 6.07) is 0. The van der Waals surface area contributed by atoms with Crippen molar-refractivity contribution in [2.24, 2.45) is 5.92 Å². The van der Waals surface area contributed by atoms with Crippen LogP contribution in [0.2, 0.25) is 0 Å². The zero-order valence-corrected chi connectivity index (χ0v) is 9.87. The molecule has 1 unspecified atom stereocenters. The van der Waals surface area contributed by atoms with Crippen LogP contribution in [0.5, 0.6) is 0 Å². The summed E-state index contributed by atoms with van der Waals surface area (Å²) in [6.45, 7) is 1.58. The molecule has 15 heavy (non-hydrogen) atoms. The molecule has 0 aliphatic carbocycles. The van der Waals surface area contributed by atoms with Crippen LogP contribution in [-0.4, -0.2) is 57.0 Å². The molecule has 0 aromatic rings. The van der Waals surface area contributed by atoms with Gasteiger partial charge in [-0.15, -0.1) is 0 Å². The standard InChI is InChI=1S/C9H19NO4S/c1-10(15(12,13)6-4-11)7-9-3-2-5-14-8-9/h9,11H,2-8H2,1H3. The normalized spacial score (nSPS) is 23.3. The molecule has 1 saturated heterocycles. The molecule has 1 aliphatic rings. The zero-order valence-electron chi connectivity index (χ0n) is 9.05. The maximum Gasteiger partial charge on any atom is 0.216 e. The lowest BCUT2D eigenvalue weighted by Crippen LogP contribution is -2.37. The van der Waals surface area contributed by atoms with Gasteiger partial charge in [0.05, 0.1) is 19.0 Å². The minimum absolute atomic E-state index is 0.197. The third-order valence-corrected chi connectivity index (χ3v) is 4.39. The first-order valence-electron chi connectivity index (χ1n) is 5.19. The van der Waals surface area contributed by atoms with Gasteiger partial charge in [-0.3, -0.25) is 0 Å². The first kappa shape index (κ1) is 12.9. The Kier molecular flexibility index (Phi) is 4.98. The average molecular weight is 237 g/mol. The average Bonchev–Trinajstić information content (AvgIpc) is 2.19. The summed E-state index contributed by atoms with van der Waals surface area (Å²) in [5.74, 6) is 0.0917. The van der Waals surface area contributed by atoms with Gasteiger partial charge in [-0.1, -0.05) is 0 Å². The number of ether oxygens (including phenoxy) is 1. The second-order valence-corrected chi connectivity index (χ2v) is 6.10. The lowest BCUT2D eigenvalue weighted by atomic mass is 10.0. The van der Waals surface area contributed by atoms with E-state index in [1.165, 1.54) is 4.31 Å². The van der Waals surface area contributed by atoms with E-state index in [-0.39, 0.29) is 18.3 Å². The van der Waals surface area contributed by atoms with Gasteiger partial charge in [0, 0.05) is 20.2 Å². The van der Waals surface area contributed by atoms with Gasteiger partial charge < -0.3 is 9.84 Å². The van der Waals surface area contributed by atoms with E-state index in [1.807, 2.05) is 0 Å². The lowest BCUT2D eigenvalue weighted by molar-refractivity contribution is 0.0495. The van der Waals surface area contributed by atoms with Crippen LogP contribution < -0.4 is 0 Å². The highest BCUT2D eigenvalue weighted by molar-refractivity contribution is 7.89. The molecule has 0 radical (unpaired) electrons. The molecule has 5 nitrogen and oxygen atoms in total. The SMILES string of the molecule is CN(CC1CCCOC1)S(=O)(=O)CCO. The first-order chi connectivity index (χ1) is 7.06. The molecule has 1 fully saturated rings. The second kappa shape index (κ2) is 5.79. The molecule has 1 N–H and O–H groups in total. The Hall–Kier alpha value is -0.170. The van der Waals surface area contributed by atoms with E-state index in [4.69, 9.17) is 9.84 Å². The van der Waals surface area contributed by atoms with Crippen molar-refractivity contribution in [3.63, 3.8) is 0 Å². The van der Waals surface area contributed by atoms with Gasteiger partial charge in [-0.25, -0.2) is 12.7 Å². The fourth-order valence-electron chi connectivity index (χ4n) is 1.70. The first-order valence-corrected chi connectivity index (χ1v) is 6.80. The van der Waals surface area contributed by atoms with Crippen molar-refractivity contribution in [2.75, 3.05) is 39.2 Å². The fourth-order valence-corrected chi connectivity index (χ4v) is 2.68. The Bertz CT molecular complexity index is 272. The number of aliphatic hydroxyl groups is 1. The predicted octanol–water partition coefficient (Wildman–Crippen LogP) is -0.333. The van der Waals surface area contributed by atoms with Crippen molar-refractivity contribution in [3.05, 3.63) is 0 Å². The number of rotatable bonds is 5. The fraction of sp³-hybridized carbons (Fsp3) is 1.00. The molecule has 1 heterocycles. The van der Waals surface area contributed by atoms with Crippen molar-refractivity contribution in [2.45, 2.75) is 12.8 Å². The molecule has 0 aromatic heterocycles. The number of hydrogen-bond acceptors (Lipinski definition) is 4. The van der Waals surface area contributed by atoms with Gasteiger partial charge >= 0.3 is 0 Å². The van der Waals surface area contributed by atoms with Gasteiger partial charge in [-0.05, 0) is 18.8 Å². The predicted molar refractivity (Wildman–Crippen MR) is 57.0 cm³/mol. The number of hydrogen-bond donors (Lipinski definition) is 1. The second-order valence-electron chi connectivity index (χ2n) is 3.90. The van der Waals surface area contributed by atoms with Crippen LogP contribution in [0.4, 0.5) is 0 Å². The van der Waals surface area contributed by atoms with E-state index in [0.717, 1.165) is 19.4 Å². The molecule has 1 aliphatic heterocycles. The largest absolute Gasteiger partial charge is 0.395 e. The molecule has 6 heteroatoms. The summed E-state index contributed by atoms with van der Waals surface area (Å²) < 4.78 is 29.7. The number of aliphatic hydroxyl groups excluding tert-OH is 1. The zero-order chi connectivity index (χ0) is 11.3. The molecule has 0 saturated carbocycles. The minimum Gasteiger partial charge on any atom is -0.395 e. The quantitative estimate of drug-likeness (QED) is 0.711. The summed E-state index contributed by atoms with van der Waals surface area (Å²) in [5.41, 5.74) is 0. The van der Waals surface area contributed by atoms with E-state index in [9.17, 15) is 8.42 Å². The molecule has 0 aromatic carbocycles. The number of nitrogens with zero attached hydrogens (tertiary/aromatic N) is 1. The van der Waals surface area contributed by atoms with Crippen LogP contribution in [0.3, 0.4) is 0 Å². The van der Waals surface area contributed by atoms with Crippen LogP contribution in [0, 0.1) is 5.92 Å². The third-order valence-electron chi connectivity index (χ3n) is 2.59. The van der Waals surface area contributed by atoms with E-state index < -0.39 is 10.0 Å². The van der Waals surface area contributed by atoms with Crippen molar-refractivity contribution in [3.8, 4) is 0 Å².